The highest BCUT2D eigenvalue weighted by Gasteiger charge is 2.04. The third-order valence-electron chi connectivity index (χ3n) is 2.37. The fraction of sp³-hybridized carbons (Fsp3) is 0. The van der Waals surface area contributed by atoms with Crippen molar-refractivity contribution in [2.75, 3.05) is 5.73 Å². The van der Waals surface area contributed by atoms with Gasteiger partial charge >= 0.3 is 0 Å². The quantitative estimate of drug-likeness (QED) is 0.695. The lowest BCUT2D eigenvalue weighted by Crippen LogP contribution is -1.81. The molecule has 0 amide bonds. The first-order valence-corrected chi connectivity index (χ1v) is 5.72. The summed E-state index contributed by atoms with van der Waals surface area (Å²) in [5.74, 6) is 0. The van der Waals surface area contributed by atoms with Gasteiger partial charge in [0, 0.05) is 11.8 Å². The second kappa shape index (κ2) is 3.57. The number of aromatic nitrogens is 2. The summed E-state index contributed by atoms with van der Waals surface area (Å²) in [6, 6.07) is 12.1. The maximum absolute atomic E-state index is 5.65. The van der Waals surface area contributed by atoms with Gasteiger partial charge in [-0.25, -0.2) is 9.97 Å². The van der Waals surface area contributed by atoms with E-state index in [-0.39, 0.29) is 0 Å². The molecule has 2 heterocycles. The third-order valence-corrected chi connectivity index (χ3v) is 3.18. The normalized spacial score (nSPS) is 10.8. The van der Waals surface area contributed by atoms with Crippen LogP contribution in [0.2, 0.25) is 0 Å². The predicted molar refractivity (Wildman–Crippen MR) is 67.3 cm³/mol. The van der Waals surface area contributed by atoms with E-state index >= 15 is 0 Å². The van der Waals surface area contributed by atoms with Gasteiger partial charge in [0.15, 0.2) is 5.13 Å². The smallest absolute Gasteiger partial charge is 0.182 e. The van der Waals surface area contributed by atoms with E-state index in [1.807, 2.05) is 30.5 Å². The van der Waals surface area contributed by atoms with Crippen LogP contribution in [0, 0.1) is 0 Å². The zero-order valence-electron chi connectivity index (χ0n) is 8.42. The van der Waals surface area contributed by atoms with Crippen LogP contribution >= 0.6 is 11.3 Å². The van der Waals surface area contributed by atoms with Gasteiger partial charge in [-0.3, -0.25) is 0 Å². The first-order chi connectivity index (χ1) is 7.83. The summed E-state index contributed by atoms with van der Waals surface area (Å²) in [6.07, 6.45) is 1.86. The molecule has 0 bridgehead atoms. The van der Waals surface area contributed by atoms with Crippen molar-refractivity contribution >= 4 is 26.8 Å². The number of nitrogens with two attached hydrogens (primary N) is 1. The lowest BCUT2D eigenvalue weighted by Gasteiger charge is -1.99. The number of anilines is 1. The molecule has 0 aliphatic heterocycles. The van der Waals surface area contributed by atoms with E-state index in [2.05, 4.69) is 22.1 Å². The van der Waals surface area contributed by atoms with Crippen molar-refractivity contribution in [2.45, 2.75) is 0 Å². The minimum Gasteiger partial charge on any atom is -0.375 e. The Morgan fingerprint density at radius 3 is 2.69 bits per heavy atom. The monoisotopic (exact) mass is 227 g/mol. The third kappa shape index (κ3) is 1.53. The van der Waals surface area contributed by atoms with Crippen molar-refractivity contribution in [2.24, 2.45) is 0 Å². The Balaban J connectivity index is 2.18. The van der Waals surface area contributed by atoms with Gasteiger partial charge in [0.05, 0.1) is 0 Å². The molecule has 0 fully saturated rings. The predicted octanol–water partition coefficient (Wildman–Crippen LogP) is 2.94. The molecule has 4 heteroatoms. The second-order valence-electron chi connectivity index (χ2n) is 3.47. The maximum atomic E-state index is 5.65. The molecular formula is C12H9N3S. The van der Waals surface area contributed by atoms with Crippen LogP contribution in [-0.4, -0.2) is 9.97 Å². The van der Waals surface area contributed by atoms with E-state index in [4.69, 9.17) is 5.73 Å². The molecule has 16 heavy (non-hydrogen) atoms. The Labute approximate surface area is 96.6 Å². The van der Waals surface area contributed by atoms with E-state index in [1.165, 1.54) is 11.3 Å². The summed E-state index contributed by atoms with van der Waals surface area (Å²) in [5, 5.41) is 0.563. The molecule has 3 rings (SSSR count). The molecule has 0 radical (unpaired) electrons. The van der Waals surface area contributed by atoms with Gasteiger partial charge in [-0.05, 0) is 11.6 Å². The minimum absolute atomic E-state index is 0.563. The fourth-order valence-corrected chi connectivity index (χ4v) is 2.29. The number of hydrogen-bond donors (Lipinski definition) is 1. The molecule has 0 saturated heterocycles. The Morgan fingerprint density at radius 1 is 1.06 bits per heavy atom. The molecule has 1 aromatic carbocycles. The zero-order chi connectivity index (χ0) is 11.0. The highest BCUT2D eigenvalue weighted by Crippen LogP contribution is 2.26. The van der Waals surface area contributed by atoms with Crippen LogP contribution in [-0.2, 0) is 0 Å². The molecule has 3 nitrogen and oxygen atoms in total. The van der Waals surface area contributed by atoms with Crippen LogP contribution in [0.1, 0.15) is 0 Å². The Morgan fingerprint density at radius 2 is 1.88 bits per heavy atom. The molecule has 0 saturated carbocycles. The highest BCUT2D eigenvalue weighted by molar-refractivity contribution is 7.21. The van der Waals surface area contributed by atoms with E-state index in [0.29, 0.717) is 5.13 Å². The molecule has 0 atom stereocenters. The molecule has 2 N–H and O–H groups in total. The molecular weight excluding hydrogens is 218 g/mol. The van der Waals surface area contributed by atoms with E-state index in [9.17, 15) is 0 Å². The SMILES string of the molecule is Nc1nc2cc(-c3ccccc3)cnc2s1. The number of rotatable bonds is 1. The summed E-state index contributed by atoms with van der Waals surface area (Å²) < 4.78 is 0. The van der Waals surface area contributed by atoms with Crippen molar-refractivity contribution in [3.8, 4) is 11.1 Å². The zero-order valence-corrected chi connectivity index (χ0v) is 9.24. The summed E-state index contributed by atoms with van der Waals surface area (Å²) in [5.41, 5.74) is 8.72. The Bertz CT molecular complexity index is 631. The standard InChI is InChI=1S/C12H9N3S/c13-12-15-10-6-9(7-14-11(10)16-12)8-4-2-1-3-5-8/h1-7H,(H2,13,15). The number of benzene rings is 1. The van der Waals surface area contributed by atoms with E-state index in [0.717, 1.165) is 21.5 Å². The van der Waals surface area contributed by atoms with Crippen LogP contribution in [0.4, 0.5) is 5.13 Å². The highest BCUT2D eigenvalue weighted by atomic mass is 32.1. The second-order valence-corrected chi connectivity index (χ2v) is 4.48. The number of nitrogens with zero attached hydrogens (tertiary/aromatic N) is 2. The van der Waals surface area contributed by atoms with Crippen molar-refractivity contribution < 1.29 is 0 Å². The van der Waals surface area contributed by atoms with Crippen molar-refractivity contribution in [3.63, 3.8) is 0 Å². The van der Waals surface area contributed by atoms with Crippen LogP contribution in [0.3, 0.4) is 0 Å². The number of pyridine rings is 1. The molecule has 2 aromatic heterocycles. The van der Waals surface area contributed by atoms with Gasteiger partial charge < -0.3 is 5.73 Å². The Kier molecular flexibility index (Phi) is 2.08. The Hall–Kier alpha value is -1.94. The molecule has 78 valence electrons. The van der Waals surface area contributed by atoms with Gasteiger partial charge in [-0.15, -0.1) is 0 Å². The summed E-state index contributed by atoms with van der Waals surface area (Å²) >= 11 is 1.41. The molecule has 0 aliphatic carbocycles. The van der Waals surface area contributed by atoms with Gasteiger partial charge in [-0.2, -0.15) is 0 Å². The lowest BCUT2D eigenvalue weighted by molar-refractivity contribution is 1.40. The summed E-state index contributed by atoms with van der Waals surface area (Å²) in [4.78, 5) is 9.47. The number of fused-ring (bicyclic) bond motifs is 1. The van der Waals surface area contributed by atoms with Crippen LogP contribution in [0.15, 0.2) is 42.6 Å². The fourth-order valence-electron chi connectivity index (χ4n) is 1.63. The average Bonchev–Trinajstić information content (AvgIpc) is 2.69. The van der Waals surface area contributed by atoms with Crippen LogP contribution in [0.25, 0.3) is 21.5 Å². The van der Waals surface area contributed by atoms with E-state index < -0.39 is 0 Å². The molecule has 0 spiro atoms. The molecule has 0 unspecified atom stereocenters. The number of nitrogen functional groups attached to an aromatic ring is 1. The van der Waals surface area contributed by atoms with Gasteiger partial charge in [0.1, 0.15) is 10.3 Å². The van der Waals surface area contributed by atoms with Crippen molar-refractivity contribution in [1.82, 2.24) is 9.97 Å². The van der Waals surface area contributed by atoms with Gasteiger partial charge in [0.25, 0.3) is 0 Å². The largest absolute Gasteiger partial charge is 0.375 e. The lowest BCUT2D eigenvalue weighted by atomic mass is 10.1. The van der Waals surface area contributed by atoms with Crippen molar-refractivity contribution in [1.29, 1.82) is 0 Å². The summed E-state index contributed by atoms with van der Waals surface area (Å²) in [7, 11) is 0. The van der Waals surface area contributed by atoms with E-state index in [1.54, 1.807) is 0 Å². The topological polar surface area (TPSA) is 51.8 Å². The summed E-state index contributed by atoms with van der Waals surface area (Å²) in [6.45, 7) is 0. The van der Waals surface area contributed by atoms with Crippen LogP contribution in [0.5, 0.6) is 0 Å². The first kappa shape index (κ1) is 9.30. The molecule has 3 aromatic rings. The maximum Gasteiger partial charge on any atom is 0.182 e. The average molecular weight is 227 g/mol. The van der Waals surface area contributed by atoms with Gasteiger partial charge in [0.2, 0.25) is 0 Å². The number of hydrogen-bond acceptors (Lipinski definition) is 4. The van der Waals surface area contributed by atoms with Crippen LogP contribution < -0.4 is 5.73 Å². The number of thiazole rings is 1. The van der Waals surface area contributed by atoms with Gasteiger partial charge in [-0.1, -0.05) is 41.7 Å². The molecule has 0 aliphatic rings. The van der Waals surface area contributed by atoms with Crippen molar-refractivity contribution in [3.05, 3.63) is 42.6 Å². The first-order valence-electron chi connectivity index (χ1n) is 4.90. The minimum atomic E-state index is 0.563.